The van der Waals surface area contributed by atoms with Crippen molar-refractivity contribution in [2.24, 2.45) is 0 Å². The van der Waals surface area contributed by atoms with Crippen LogP contribution in [0.4, 0.5) is 5.69 Å². The van der Waals surface area contributed by atoms with Crippen LogP contribution in [-0.2, 0) is 5.54 Å². The van der Waals surface area contributed by atoms with Crippen LogP contribution in [0.2, 0.25) is 5.02 Å². The number of tetrazole rings is 1. The van der Waals surface area contributed by atoms with Gasteiger partial charge >= 0.3 is 0 Å². The highest BCUT2D eigenvalue weighted by molar-refractivity contribution is 6.30. The summed E-state index contributed by atoms with van der Waals surface area (Å²) >= 11 is 6.00. The average Bonchev–Trinajstić information content (AvgIpc) is 3.19. The third-order valence-electron chi connectivity index (χ3n) is 4.70. The van der Waals surface area contributed by atoms with Crippen LogP contribution in [0.5, 0.6) is 11.5 Å². The lowest BCUT2D eigenvalue weighted by molar-refractivity contribution is 0.171. The Morgan fingerprint density at radius 1 is 1.11 bits per heavy atom. The van der Waals surface area contributed by atoms with Crippen molar-refractivity contribution in [3.63, 3.8) is 0 Å². The van der Waals surface area contributed by atoms with Crippen LogP contribution in [0.1, 0.15) is 26.1 Å². The number of anilines is 1. The number of nitrogens with one attached hydrogen (secondary N) is 1. The van der Waals surface area contributed by atoms with Gasteiger partial charge in [-0.2, -0.15) is 4.68 Å². The highest BCUT2D eigenvalue weighted by Crippen LogP contribution is 2.36. The summed E-state index contributed by atoms with van der Waals surface area (Å²) in [4.78, 5) is 0. The number of benzene rings is 2. The Bertz CT molecular complexity index is 944. The molecule has 0 bridgehead atoms. The van der Waals surface area contributed by atoms with Crippen LogP contribution in [-0.4, -0.2) is 33.4 Å². The van der Waals surface area contributed by atoms with E-state index in [-0.39, 0.29) is 0 Å². The van der Waals surface area contributed by atoms with Gasteiger partial charge in [0.2, 0.25) is 0 Å². The maximum atomic E-state index is 6.00. The summed E-state index contributed by atoms with van der Waals surface area (Å²) in [7, 11) is 0. The second-order valence-corrected chi connectivity index (χ2v) is 7.00. The Morgan fingerprint density at radius 3 is 2.59 bits per heavy atom. The molecule has 1 aliphatic rings. The Kier molecular flexibility index (Phi) is 4.61. The van der Waals surface area contributed by atoms with Crippen molar-refractivity contribution < 1.29 is 9.47 Å². The number of hydrogen-bond donors (Lipinski definition) is 1. The number of fused-ring (bicyclic) bond motifs is 1. The summed E-state index contributed by atoms with van der Waals surface area (Å²) in [5, 5.41) is 16.6. The summed E-state index contributed by atoms with van der Waals surface area (Å²) in [6, 6.07) is 13.2. The fourth-order valence-electron chi connectivity index (χ4n) is 3.03. The van der Waals surface area contributed by atoms with E-state index in [1.807, 2.05) is 42.5 Å². The average molecular weight is 386 g/mol. The van der Waals surface area contributed by atoms with E-state index in [0.717, 1.165) is 29.3 Å². The highest BCUT2D eigenvalue weighted by atomic mass is 35.5. The number of nitrogens with zero attached hydrogens (tertiary/aromatic N) is 4. The molecule has 0 unspecified atom stereocenters. The first-order valence-corrected chi connectivity index (χ1v) is 9.19. The molecule has 8 heteroatoms. The van der Waals surface area contributed by atoms with Crippen LogP contribution in [0.25, 0.3) is 5.69 Å². The van der Waals surface area contributed by atoms with Gasteiger partial charge in [-0.3, -0.25) is 0 Å². The lowest BCUT2D eigenvalue weighted by Gasteiger charge is -2.30. The first-order chi connectivity index (χ1) is 13.1. The van der Waals surface area contributed by atoms with Crippen molar-refractivity contribution in [1.29, 1.82) is 0 Å². The van der Waals surface area contributed by atoms with Gasteiger partial charge in [0.1, 0.15) is 13.2 Å². The standard InChI is InChI=1S/C19H20ClN5O2/c1-3-19(2,21-14-6-9-16-17(12-14)27-11-10-26-16)18-22-23-24-25(18)15-7-4-13(20)5-8-15/h4-9,12,21H,3,10-11H2,1-2H3/t19-/m0/s1. The van der Waals surface area contributed by atoms with E-state index in [9.17, 15) is 0 Å². The zero-order valence-corrected chi connectivity index (χ0v) is 15.9. The summed E-state index contributed by atoms with van der Waals surface area (Å²) in [6.45, 7) is 5.28. The molecular formula is C19H20ClN5O2. The Balaban J connectivity index is 1.67. The lowest BCUT2D eigenvalue weighted by atomic mass is 9.97. The van der Waals surface area contributed by atoms with Gasteiger partial charge < -0.3 is 14.8 Å². The number of hydrogen-bond acceptors (Lipinski definition) is 6. The van der Waals surface area contributed by atoms with E-state index in [2.05, 4.69) is 34.7 Å². The molecule has 0 amide bonds. The molecule has 3 aromatic rings. The molecule has 1 atom stereocenters. The Labute approximate surface area is 162 Å². The number of halogens is 1. The second kappa shape index (κ2) is 7.08. The third kappa shape index (κ3) is 3.42. The van der Waals surface area contributed by atoms with E-state index in [0.29, 0.717) is 24.1 Å². The fourth-order valence-corrected chi connectivity index (χ4v) is 3.16. The van der Waals surface area contributed by atoms with Crippen LogP contribution >= 0.6 is 11.6 Å². The van der Waals surface area contributed by atoms with Crippen molar-refractivity contribution in [1.82, 2.24) is 20.2 Å². The lowest BCUT2D eigenvalue weighted by Crippen LogP contribution is -2.34. The van der Waals surface area contributed by atoms with Crippen molar-refractivity contribution in [2.75, 3.05) is 18.5 Å². The monoisotopic (exact) mass is 385 g/mol. The van der Waals surface area contributed by atoms with Crippen LogP contribution in [0, 0.1) is 0 Å². The topological polar surface area (TPSA) is 74.1 Å². The van der Waals surface area contributed by atoms with Gasteiger partial charge in [0.25, 0.3) is 0 Å². The normalized spacial score (nSPS) is 15.2. The van der Waals surface area contributed by atoms with Crippen LogP contribution in [0.3, 0.4) is 0 Å². The third-order valence-corrected chi connectivity index (χ3v) is 4.96. The van der Waals surface area contributed by atoms with Gasteiger partial charge in [0.05, 0.1) is 11.2 Å². The minimum absolute atomic E-state index is 0.493. The molecule has 1 aliphatic heterocycles. The minimum atomic E-state index is -0.493. The predicted molar refractivity (Wildman–Crippen MR) is 103 cm³/mol. The molecule has 0 aliphatic carbocycles. The molecule has 1 aromatic heterocycles. The van der Waals surface area contributed by atoms with E-state index in [1.54, 1.807) is 4.68 Å². The summed E-state index contributed by atoms with van der Waals surface area (Å²) in [6.07, 6.45) is 0.773. The molecule has 0 radical (unpaired) electrons. The first-order valence-electron chi connectivity index (χ1n) is 8.82. The molecule has 2 aromatic carbocycles. The number of ether oxygens (including phenoxy) is 2. The van der Waals surface area contributed by atoms with Gasteiger partial charge in [0, 0.05) is 16.8 Å². The molecule has 2 heterocycles. The SMILES string of the molecule is CC[C@](C)(Nc1ccc2c(c1)OCCO2)c1nnnn1-c1ccc(Cl)cc1. The van der Waals surface area contributed by atoms with E-state index in [1.165, 1.54) is 0 Å². The molecule has 0 spiro atoms. The minimum Gasteiger partial charge on any atom is -0.486 e. The predicted octanol–water partition coefficient (Wildman–Crippen LogP) is 3.82. The van der Waals surface area contributed by atoms with Gasteiger partial charge in [-0.25, -0.2) is 0 Å². The van der Waals surface area contributed by atoms with Crippen molar-refractivity contribution in [3.05, 3.63) is 53.3 Å². The van der Waals surface area contributed by atoms with E-state index in [4.69, 9.17) is 21.1 Å². The van der Waals surface area contributed by atoms with Crippen molar-refractivity contribution in [3.8, 4) is 17.2 Å². The Hall–Kier alpha value is -2.80. The van der Waals surface area contributed by atoms with E-state index >= 15 is 0 Å². The quantitative estimate of drug-likeness (QED) is 0.719. The molecule has 140 valence electrons. The van der Waals surface area contributed by atoms with Crippen LogP contribution in [0.15, 0.2) is 42.5 Å². The molecule has 0 saturated carbocycles. The first kappa shape index (κ1) is 17.6. The largest absolute Gasteiger partial charge is 0.486 e. The molecule has 0 saturated heterocycles. The Morgan fingerprint density at radius 2 is 1.85 bits per heavy atom. The summed E-state index contributed by atoms with van der Waals surface area (Å²) in [5.74, 6) is 2.21. The zero-order chi connectivity index (χ0) is 18.9. The molecule has 7 nitrogen and oxygen atoms in total. The zero-order valence-electron chi connectivity index (χ0n) is 15.1. The molecular weight excluding hydrogens is 366 g/mol. The van der Waals surface area contributed by atoms with Crippen molar-refractivity contribution in [2.45, 2.75) is 25.8 Å². The van der Waals surface area contributed by atoms with Gasteiger partial charge in [-0.05, 0) is 60.2 Å². The van der Waals surface area contributed by atoms with Crippen LogP contribution < -0.4 is 14.8 Å². The molecule has 27 heavy (non-hydrogen) atoms. The highest BCUT2D eigenvalue weighted by Gasteiger charge is 2.32. The second-order valence-electron chi connectivity index (χ2n) is 6.56. The molecule has 1 N–H and O–H groups in total. The van der Waals surface area contributed by atoms with E-state index < -0.39 is 5.54 Å². The summed E-state index contributed by atoms with van der Waals surface area (Å²) in [5.41, 5.74) is 1.27. The number of aromatic nitrogens is 4. The smallest absolute Gasteiger partial charge is 0.181 e. The van der Waals surface area contributed by atoms with Gasteiger partial charge in [-0.1, -0.05) is 18.5 Å². The number of rotatable bonds is 5. The molecule has 4 rings (SSSR count). The summed E-state index contributed by atoms with van der Waals surface area (Å²) < 4.78 is 13.0. The fraction of sp³-hybridized carbons (Fsp3) is 0.316. The van der Waals surface area contributed by atoms with Crippen molar-refractivity contribution >= 4 is 17.3 Å². The van der Waals surface area contributed by atoms with Gasteiger partial charge in [-0.15, -0.1) is 5.10 Å². The maximum Gasteiger partial charge on any atom is 0.181 e. The molecule has 0 fully saturated rings. The maximum absolute atomic E-state index is 6.00. The van der Waals surface area contributed by atoms with Gasteiger partial charge in [0.15, 0.2) is 17.3 Å².